The highest BCUT2D eigenvalue weighted by molar-refractivity contribution is 6.21. The minimum Gasteiger partial charge on any atom is -0.489 e. The predicted molar refractivity (Wildman–Crippen MR) is 77.7 cm³/mol. The van der Waals surface area contributed by atoms with Crippen LogP contribution < -0.4 is 4.74 Å². The highest BCUT2D eigenvalue weighted by Crippen LogP contribution is 2.49. The van der Waals surface area contributed by atoms with E-state index in [1.807, 2.05) is 0 Å². The van der Waals surface area contributed by atoms with Crippen LogP contribution in [0.2, 0.25) is 0 Å². The van der Waals surface area contributed by atoms with Gasteiger partial charge in [-0.3, -0.25) is 0 Å². The van der Waals surface area contributed by atoms with Crippen LogP contribution in [-0.4, -0.2) is 11.5 Å². The van der Waals surface area contributed by atoms with Crippen molar-refractivity contribution in [2.45, 2.75) is 58.9 Å². The lowest BCUT2D eigenvalue weighted by Crippen LogP contribution is -2.55. The number of hydrogen-bond acceptors (Lipinski definition) is 1. The first-order valence-electron chi connectivity index (χ1n) is 6.77. The van der Waals surface area contributed by atoms with E-state index < -0.39 is 0 Å². The standard InChI is InChI=1S/C16H23ClO/c1-6-16(5)14(17)9-15(16)18-13-8-10(2)7-11(3)12(13)4/h7-8,14-15H,6,9H2,1-5H3. The largest absolute Gasteiger partial charge is 0.489 e. The van der Waals surface area contributed by atoms with Gasteiger partial charge < -0.3 is 4.74 Å². The normalized spacial score (nSPS) is 31.0. The van der Waals surface area contributed by atoms with Crippen LogP contribution in [0.5, 0.6) is 5.75 Å². The van der Waals surface area contributed by atoms with Crippen molar-refractivity contribution in [3.8, 4) is 5.75 Å². The summed E-state index contributed by atoms with van der Waals surface area (Å²) in [5.74, 6) is 1.03. The summed E-state index contributed by atoms with van der Waals surface area (Å²) in [5, 5.41) is 0.249. The molecular weight excluding hydrogens is 244 g/mol. The molecule has 1 aromatic rings. The first-order chi connectivity index (χ1) is 8.38. The Morgan fingerprint density at radius 3 is 2.56 bits per heavy atom. The van der Waals surface area contributed by atoms with Crippen molar-refractivity contribution in [2.24, 2.45) is 5.41 Å². The fraction of sp³-hybridized carbons (Fsp3) is 0.625. The molecule has 18 heavy (non-hydrogen) atoms. The second kappa shape index (κ2) is 4.77. The number of alkyl halides is 1. The van der Waals surface area contributed by atoms with Crippen molar-refractivity contribution in [2.75, 3.05) is 0 Å². The number of halogens is 1. The molecule has 3 unspecified atom stereocenters. The number of benzene rings is 1. The van der Waals surface area contributed by atoms with Crippen LogP contribution in [0.3, 0.4) is 0 Å². The zero-order valence-corrected chi connectivity index (χ0v) is 12.8. The smallest absolute Gasteiger partial charge is 0.123 e. The van der Waals surface area contributed by atoms with Crippen LogP contribution in [-0.2, 0) is 0 Å². The number of ether oxygens (including phenoxy) is 1. The van der Waals surface area contributed by atoms with E-state index in [0.29, 0.717) is 0 Å². The highest BCUT2D eigenvalue weighted by atomic mass is 35.5. The summed E-state index contributed by atoms with van der Waals surface area (Å²) in [5.41, 5.74) is 3.92. The lowest BCUT2D eigenvalue weighted by Gasteiger charge is -2.50. The fourth-order valence-electron chi connectivity index (χ4n) is 2.68. The zero-order valence-electron chi connectivity index (χ0n) is 12.0. The molecule has 1 aliphatic rings. The molecule has 0 amide bonds. The van der Waals surface area contributed by atoms with E-state index in [1.165, 1.54) is 16.7 Å². The Kier molecular flexibility index (Phi) is 3.64. The topological polar surface area (TPSA) is 9.23 Å². The third-order valence-electron chi connectivity index (χ3n) is 4.67. The van der Waals surface area contributed by atoms with Crippen molar-refractivity contribution < 1.29 is 4.74 Å². The van der Waals surface area contributed by atoms with Crippen molar-refractivity contribution in [1.82, 2.24) is 0 Å². The maximum atomic E-state index is 6.34. The van der Waals surface area contributed by atoms with Gasteiger partial charge in [-0.25, -0.2) is 0 Å². The SMILES string of the molecule is CCC1(C)C(Cl)CC1Oc1cc(C)cc(C)c1C. The Hall–Kier alpha value is -0.690. The summed E-state index contributed by atoms with van der Waals surface area (Å²) in [4.78, 5) is 0. The van der Waals surface area contributed by atoms with Gasteiger partial charge in [-0.15, -0.1) is 11.6 Å². The second-order valence-electron chi connectivity index (χ2n) is 5.87. The van der Waals surface area contributed by atoms with Gasteiger partial charge in [-0.1, -0.05) is 19.9 Å². The molecule has 0 spiro atoms. The van der Waals surface area contributed by atoms with Gasteiger partial charge in [-0.2, -0.15) is 0 Å². The van der Waals surface area contributed by atoms with Crippen molar-refractivity contribution in [1.29, 1.82) is 0 Å². The molecule has 0 radical (unpaired) electrons. The summed E-state index contributed by atoms with van der Waals surface area (Å²) in [6, 6.07) is 4.34. The predicted octanol–water partition coefficient (Wildman–Crippen LogP) is 4.79. The number of hydrogen-bond donors (Lipinski definition) is 0. The fourth-order valence-corrected chi connectivity index (χ4v) is 3.13. The van der Waals surface area contributed by atoms with Crippen molar-refractivity contribution in [3.63, 3.8) is 0 Å². The molecule has 1 fully saturated rings. The molecule has 3 atom stereocenters. The Morgan fingerprint density at radius 1 is 1.33 bits per heavy atom. The lowest BCUT2D eigenvalue weighted by molar-refractivity contribution is -0.0299. The molecular formula is C16H23ClO. The summed E-state index contributed by atoms with van der Waals surface area (Å²) in [7, 11) is 0. The monoisotopic (exact) mass is 266 g/mol. The summed E-state index contributed by atoms with van der Waals surface area (Å²) < 4.78 is 6.24. The average Bonchev–Trinajstić information content (AvgIpc) is 2.33. The minimum absolute atomic E-state index is 0.117. The van der Waals surface area contributed by atoms with Crippen LogP contribution in [0.4, 0.5) is 0 Å². The molecule has 1 aliphatic carbocycles. The van der Waals surface area contributed by atoms with Gasteiger partial charge in [-0.05, 0) is 49.9 Å². The summed E-state index contributed by atoms with van der Waals surface area (Å²) in [6.07, 6.45) is 2.28. The van der Waals surface area contributed by atoms with Crippen LogP contribution >= 0.6 is 11.6 Å². The van der Waals surface area contributed by atoms with E-state index in [0.717, 1.165) is 18.6 Å². The van der Waals surface area contributed by atoms with E-state index in [-0.39, 0.29) is 16.9 Å². The molecule has 1 saturated carbocycles. The molecule has 1 aromatic carbocycles. The van der Waals surface area contributed by atoms with Crippen LogP contribution in [0.25, 0.3) is 0 Å². The van der Waals surface area contributed by atoms with E-state index in [9.17, 15) is 0 Å². The first-order valence-corrected chi connectivity index (χ1v) is 7.20. The third kappa shape index (κ3) is 2.14. The average molecular weight is 267 g/mol. The Balaban J connectivity index is 2.21. The van der Waals surface area contributed by atoms with Crippen molar-refractivity contribution >= 4 is 11.6 Å². The van der Waals surface area contributed by atoms with Gasteiger partial charge in [0.2, 0.25) is 0 Å². The molecule has 0 heterocycles. The molecule has 0 aliphatic heterocycles. The minimum atomic E-state index is 0.117. The molecule has 0 saturated heterocycles. The van der Waals surface area contributed by atoms with Gasteiger partial charge in [0.05, 0.1) is 0 Å². The van der Waals surface area contributed by atoms with Crippen LogP contribution in [0.1, 0.15) is 43.4 Å². The van der Waals surface area contributed by atoms with Crippen LogP contribution in [0, 0.1) is 26.2 Å². The molecule has 0 bridgehead atoms. The van der Waals surface area contributed by atoms with E-state index >= 15 is 0 Å². The molecule has 1 nitrogen and oxygen atoms in total. The Morgan fingerprint density at radius 2 is 2.00 bits per heavy atom. The molecule has 0 N–H and O–H groups in total. The van der Waals surface area contributed by atoms with Gasteiger partial charge in [0, 0.05) is 17.2 Å². The van der Waals surface area contributed by atoms with Gasteiger partial charge >= 0.3 is 0 Å². The number of rotatable bonds is 3. The Bertz CT molecular complexity index is 455. The second-order valence-corrected chi connectivity index (χ2v) is 6.40. The summed E-state index contributed by atoms with van der Waals surface area (Å²) >= 11 is 6.34. The summed E-state index contributed by atoms with van der Waals surface area (Å²) in [6.45, 7) is 10.8. The third-order valence-corrected chi connectivity index (χ3v) is 5.34. The maximum absolute atomic E-state index is 6.34. The van der Waals surface area contributed by atoms with E-state index in [2.05, 4.69) is 46.8 Å². The Labute approximate surface area is 115 Å². The van der Waals surface area contributed by atoms with Gasteiger partial charge in [0.1, 0.15) is 11.9 Å². The molecule has 0 aromatic heterocycles. The lowest BCUT2D eigenvalue weighted by atomic mass is 9.65. The molecule has 2 rings (SSSR count). The van der Waals surface area contributed by atoms with E-state index in [4.69, 9.17) is 16.3 Å². The zero-order chi connectivity index (χ0) is 13.5. The van der Waals surface area contributed by atoms with Gasteiger partial charge in [0.25, 0.3) is 0 Å². The molecule has 2 heteroatoms. The maximum Gasteiger partial charge on any atom is 0.123 e. The van der Waals surface area contributed by atoms with Crippen LogP contribution in [0.15, 0.2) is 12.1 Å². The highest BCUT2D eigenvalue weighted by Gasteiger charge is 2.51. The van der Waals surface area contributed by atoms with Crippen molar-refractivity contribution in [3.05, 3.63) is 28.8 Å². The molecule has 100 valence electrons. The quantitative estimate of drug-likeness (QED) is 0.715. The first kappa shape index (κ1) is 13.7. The van der Waals surface area contributed by atoms with E-state index in [1.54, 1.807) is 0 Å². The van der Waals surface area contributed by atoms with Gasteiger partial charge in [0.15, 0.2) is 0 Å². The number of aryl methyl sites for hydroxylation is 2.